The molecule has 8 heteroatoms. The van der Waals surface area contributed by atoms with Crippen LogP contribution in [0.25, 0.3) is 17.0 Å². The lowest BCUT2D eigenvalue weighted by Crippen LogP contribution is -2.04. The summed E-state index contributed by atoms with van der Waals surface area (Å²) < 4.78 is 1.21. The normalized spacial score (nSPS) is 10.9. The second kappa shape index (κ2) is 3.55. The molecule has 0 atom stereocenters. The second-order valence-electron chi connectivity index (χ2n) is 3.66. The number of nitrogens with one attached hydrogen (secondary N) is 1. The van der Waals surface area contributed by atoms with Crippen molar-refractivity contribution in [3.63, 3.8) is 0 Å². The third-order valence-corrected chi connectivity index (χ3v) is 2.56. The summed E-state index contributed by atoms with van der Waals surface area (Å²) >= 11 is 0. The van der Waals surface area contributed by atoms with Gasteiger partial charge in [0.1, 0.15) is 6.20 Å². The molecule has 0 aliphatic carbocycles. The van der Waals surface area contributed by atoms with Crippen LogP contribution >= 0.6 is 0 Å². The summed E-state index contributed by atoms with van der Waals surface area (Å²) in [6, 6.07) is 7.38. The molecule has 0 aliphatic rings. The molecule has 0 saturated heterocycles. The molecule has 90 valence electrons. The highest BCUT2D eigenvalue weighted by Gasteiger charge is 2.20. The van der Waals surface area contributed by atoms with E-state index >= 15 is 0 Å². The predicted molar refractivity (Wildman–Crippen MR) is 64.3 cm³/mol. The van der Waals surface area contributed by atoms with E-state index in [2.05, 4.69) is 15.1 Å². The summed E-state index contributed by atoms with van der Waals surface area (Å²) in [5, 5.41) is 14.5. The lowest BCUT2D eigenvalue weighted by molar-refractivity contribution is -0.383. The lowest BCUT2D eigenvalue weighted by atomic mass is 10.3. The number of hydrogen-bond acceptors (Lipinski definition) is 5. The maximum absolute atomic E-state index is 10.7. The number of benzene rings is 1. The van der Waals surface area contributed by atoms with Crippen LogP contribution in [-0.2, 0) is 0 Å². The van der Waals surface area contributed by atoms with Crippen molar-refractivity contribution in [2.45, 2.75) is 0 Å². The minimum Gasteiger partial charge on any atom is -0.378 e. The highest BCUT2D eigenvalue weighted by atomic mass is 16.6. The number of aromatic nitrogens is 4. The summed E-state index contributed by atoms with van der Waals surface area (Å²) in [6.45, 7) is 0. The van der Waals surface area contributed by atoms with Crippen LogP contribution in [0.2, 0.25) is 0 Å². The molecular formula is C10H8N6O2. The number of fused-ring (bicyclic) bond motifs is 1. The first-order chi connectivity index (χ1) is 8.66. The first kappa shape index (κ1) is 10.3. The number of aromatic amines is 1. The smallest absolute Gasteiger partial charge is 0.331 e. The van der Waals surface area contributed by atoms with Crippen molar-refractivity contribution >= 4 is 22.5 Å². The van der Waals surface area contributed by atoms with Crippen LogP contribution < -0.4 is 5.73 Å². The van der Waals surface area contributed by atoms with Gasteiger partial charge in [-0.15, -0.1) is 0 Å². The van der Waals surface area contributed by atoms with Gasteiger partial charge in [-0.25, -0.2) is 4.98 Å². The monoisotopic (exact) mass is 244 g/mol. The van der Waals surface area contributed by atoms with Crippen molar-refractivity contribution in [1.82, 2.24) is 19.7 Å². The Labute approximate surface area is 100 Å². The molecule has 0 unspecified atom stereocenters. The van der Waals surface area contributed by atoms with Crippen LogP contribution in [0.4, 0.5) is 11.5 Å². The van der Waals surface area contributed by atoms with Gasteiger partial charge in [0.2, 0.25) is 11.8 Å². The number of nitro groups is 1. The molecule has 3 aromatic rings. The Kier molecular flexibility index (Phi) is 2.03. The lowest BCUT2D eigenvalue weighted by Gasteiger charge is -1.96. The zero-order valence-corrected chi connectivity index (χ0v) is 9.07. The third kappa shape index (κ3) is 1.39. The van der Waals surface area contributed by atoms with Crippen molar-refractivity contribution in [2.75, 3.05) is 5.73 Å². The van der Waals surface area contributed by atoms with E-state index in [1.165, 1.54) is 4.68 Å². The maximum Gasteiger partial charge on any atom is 0.331 e. The number of hydrogen-bond donors (Lipinski definition) is 2. The molecule has 0 fully saturated rings. The predicted octanol–water partition coefficient (Wildman–Crippen LogP) is 1.24. The number of anilines is 1. The van der Waals surface area contributed by atoms with Crippen molar-refractivity contribution in [3.8, 4) is 5.95 Å². The Morgan fingerprint density at radius 2 is 2.17 bits per heavy atom. The molecule has 1 aromatic carbocycles. The van der Waals surface area contributed by atoms with Gasteiger partial charge in [0, 0.05) is 0 Å². The SMILES string of the molecule is Nc1c([N+](=O)[O-])cnn1-c1nc2ccccc2[nH]1. The average Bonchev–Trinajstić information content (AvgIpc) is 2.91. The van der Waals surface area contributed by atoms with Crippen molar-refractivity contribution in [1.29, 1.82) is 0 Å². The summed E-state index contributed by atoms with van der Waals surface area (Å²) in [6.07, 6.45) is 1.10. The molecule has 0 aliphatic heterocycles. The molecular weight excluding hydrogens is 236 g/mol. The third-order valence-electron chi connectivity index (χ3n) is 2.56. The van der Waals surface area contributed by atoms with E-state index in [0.717, 1.165) is 17.2 Å². The molecule has 8 nitrogen and oxygen atoms in total. The largest absolute Gasteiger partial charge is 0.378 e. The van der Waals surface area contributed by atoms with E-state index < -0.39 is 4.92 Å². The highest BCUT2D eigenvalue weighted by molar-refractivity contribution is 5.76. The fraction of sp³-hybridized carbons (Fsp3) is 0. The van der Waals surface area contributed by atoms with Gasteiger partial charge in [-0.05, 0) is 12.1 Å². The number of nitrogens with zero attached hydrogens (tertiary/aromatic N) is 4. The minimum atomic E-state index is -0.582. The zero-order chi connectivity index (χ0) is 12.7. The minimum absolute atomic E-state index is 0.0564. The quantitative estimate of drug-likeness (QED) is 0.519. The highest BCUT2D eigenvalue weighted by Crippen LogP contribution is 2.23. The number of H-pyrrole nitrogens is 1. The average molecular weight is 244 g/mol. The molecule has 3 N–H and O–H groups in total. The molecule has 3 rings (SSSR count). The van der Waals surface area contributed by atoms with Gasteiger partial charge in [0.15, 0.2) is 0 Å². The number of nitrogen functional groups attached to an aromatic ring is 1. The van der Waals surface area contributed by atoms with Gasteiger partial charge in [0.05, 0.1) is 16.0 Å². The van der Waals surface area contributed by atoms with Gasteiger partial charge in [0.25, 0.3) is 0 Å². The fourth-order valence-electron chi connectivity index (χ4n) is 1.70. The summed E-state index contributed by atoms with van der Waals surface area (Å²) in [5.74, 6) is 0.292. The van der Waals surface area contributed by atoms with Crippen molar-refractivity contribution < 1.29 is 4.92 Å². The first-order valence-electron chi connectivity index (χ1n) is 5.10. The van der Waals surface area contributed by atoms with Crippen LogP contribution in [0.15, 0.2) is 30.5 Å². The van der Waals surface area contributed by atoms with Gasteiger partial charge in [-0.2, -0.15) is 9.78 Å². The Hall–Kier alpha value is -2.90. The molecule has 2 aromatic heterocycles. The van der Waals surface area contributed by atoms with Gasteiger partial charge in [-0.3, -0.25) is 10.1 Å². The van der Waals surface area contributed by atoms with Crippen LogP contribution in [0.5, 0.6) is 0 Å². The summed E-state index contributed by atoms with van der Waals surface area (Å²) in [4.78, 5) is 17.3. The number of nitrogens with two attached hydrogens (primary N) is 1. The van der Waals surface area contributed by atoms with E-state index in [1.807, 2.05) is 24.3 Å². The van der Waals surface area contributed by atoms with E-state index in [1.54, 1.807) is 0 Å². The van der Waals surface area contributed by atoms with E-state index in [9.17, 15) is 10.1 Å². The number of para-hydroxylation sites is 2. The standard InChI is InChI=1S/C10H8N6O2/c11-9-8(16(17)18)5-12-15(9)10-13-6-3-1-2-4-7(6)14-10/h1-5H,11H2,(H,13,14). The van der Waals surface area contributed by atoms with E-state index in [0.29, 0.717) is 5.95 Å². The maximum atomic E-state index is 10.7. The Balaban J connectivity index is 2.17. The van der Waals surface area contributed by atoms with E-state index in [-0.39, 0.29) is 11.5 Å². The molecule has 0 spiro atoms. The van der Waals surface area contributed by atoms with Gasteiger partial charge in [-0.1, -0.05) is 12.1 Å². The first-order valence-corrected chi connectivity index (χ1v) is 5.10. The Bertz CT molecular complexity index is 711. The van der Waals surface area contributed by atoms with Crippen molar-refractivity contribution in [2.24, 2.45) is 0 Å². The molecule has 2 heterocycles. The van der Waals surface area contributed by atoms with E-state index in [4.69, 9.17) is 5.73 Å². The summed E-state index contributed by atoms with van der Waals surface area (Å²) in [5.41, 5.74) is 6.97. The second-order valence-corrected chi connectivity index (χ2v) is 3.66. The molecule has 0 radical (unpaired) electrons. The number of imidazole rings is 1. The fourth-order valence-corrected chi connectivity index (χ4v) is 1.70. The van der Waals surface area contributed by atoms with Crippen molar-refractivity contribution in [3.05, 3.63) is 40.6 Å². The van der Waals surface area contributed by atoms with Gasteiger partial charge >= 0.3 is 5.69 Å². The molecule has 0 saturated carbocycles. The molecule has 18 heavy (non-hydrogen) atoms. The van der Waals surface area contributed by atoms with Crippen LogP contribution in [-0.4, -0.2) is 24.7 Å². The summed E-state index contributed by atoms with van der Waals surface area (Å²) in [7, 11) is 0. The Morgan fingerprint density at radius 3 is 2.83 bits per heavy atom. The van der Waals surface area contributed by atoms with Crippen LogP contribution in [0.1, 0.15) is 0 Å². The Morgan fingerprint density at radius 1 is 1.39 bits per heavy atom. The van der Waals surface area contributed by atoms with Crippen LogP contribution in [0, 0.1) is 10.1 Å². The van der Waals surface area contributed by atoms with Gasteiger partial charge < -0.3 is 10.7 Å². The van der Waals surface area contributed by atoms with Crippen LogP contribution in [0.3, 0.4) is 0 Å². The topological polar surface area (TPSA) is 116 Å². The molecule has 0 bridgehead atoms. The zero-order valence-electron chi connectivity index (χ0n) is 9.07. The molecule has 0 amide bonds. The number of rotatable bonds is 2.